The van der Waals surface area contributed by atoms with Crippen molar-refractivity contribution in [3.8, 4) is 0 Å². The number of thiophene rings is 1. The van der Waals surface area contributed by atoms with Gasteiger partial charge in [0.25, 0.3) is 5.91 Å². The third-order valence-corrected chi connectivity index (χ3v) is 6.80. The lowest BCUT2D eigenvalue weighted by atomic mass is 10.1. The van der Waals surface area contributed by atoms with E-state index in [4.69, 9.17) is 0 Å². The molecule has 33 heavy (non-hydrogen) atoms. The van der Waals surface area contributed by atoms with E-state index in [2.05, 4.69) is 20.4 Å². The summed E-state index contributed by atoms with van der Waals surface area (Å²) >= 11 is 2.88. The van der Waals surface area contributed by atoms with Crippen molar-refractivity contribution in [3.05, 3.63) is 92.4 Å². The van der Waals surface area contributed by atoms with E-state index in [1.807, 2.05) is 24.4 Å². The van der Waals surface area contributed by atoms with Crippen molar-refractivity contribution >= 4 is 44.7 Å². The van der Waals surface area contributed by atoms with Gasteiger partial charge in [0.2, 0.25) is 0 Å². The second-order valence-electron chi connectivity index (χ2n) is 7.43. The van der Waals surface area contributed by atoms with Gasteiger partial charge in [0.05, 0.1) is 23.7 Å². The zero-order valence-electron chi connectivity index (χ0n) is 17.4. The number of nitrogens with zero attached hydrogens (tertiary/aromatic N) is 4. The summed E-state index contributed by atoms with van der Waals surface area (Å²) in [5.74, 6) is -1.55. The molecule has 0 saturated carbocycles. The summed E-state index contributed by atoms with van der Waals surface area (Å²) in [7, 11) is 0. The van der Waals surface area contributed by atoms with Gasteiger partial charge in [-0.25, -0.2) is 23.4 Å². The number of pyridine rings is 1. The second kappa shape index (κ2) is 8.80. The van der Waals surface area contributed by atoms with E-state index in [0.717, 1.165) is 15.8 Å². The average molecular weight is 482 g/mol. The molecule has 0 aliphatic rings. The first-order valence-corrected chi connectivity index (χ1v) is 11.7. The number of hydrogen-bond donors (Lipinski definition) is 1. The summed E-state index contributed by atoms with van der Waals surface area (Å²) in [6.45, 7) is 2.41. The van der Waals surface area contributed by atoms with Crippen molar-refractivity contribution in [1.29, 1.82) is 0 Å². The minimum absolute atomic E-state index is 0.258. The molecular formula is C23H17F2N5OS2. The maximum atomic E-state index is 13.9. The van der Waals surface area contributed by atoms with Crippen molar-refractivity contribution in [2.24, 2.45) is 0 Å². The first-order chi connectivity index (χ1) is 16.0. The largest absolute Gasteiger partial charge is 0.298 e. The molecule has 0 aliphatic carbocycles. The van der Waals surface area contributed by atoms with E-state index in [1.165, 1.54) is 23.5 Å². The molecule has 1 aromatic carbocycles. The van der Waals surface area contributed by atoms with Gasteiger partial charge in [-0.1, -0.05) is 12.1 Å². The number of rotatable bonds is 6. The van der Waals surface area contributed by atoms with Gasteiger partial charge >= 0.3 is 0 Å². The zero-order valence-corrected chi connectivity index (χ0v) is 19.0. The summed E-state index contributed by atoms with van der Waals surface area (Å²) in [6.07, 6.45) is 3.48. The van der Waals surface area contributed by atoms with Crippen LogP contribution in [0.3, 0.4) is 0 Å². The molecule has 5 rings (SSSR count). The van der Waals surface area contributed by atoms with Gasteiger partial charge in [-0.3, -0.25) is 10.1 Å². The summed E-state index contributed by atoms with van der Waals surface area (Å²) in [4.78, 5) is 23.8. The Hall–Kier alpha value is -3.50. The van der Waals surface area contributed by atoms with Crippen LogP contribution in [-0.4, -0.2) is 25.7 Å². The van der Waals surface area contributed by atoms with Crippen LogP contribution in [0.4, 0.5) is 13.9 Å². The van der Waals surface area contributed by atoms with Crippen LogP contribution in [0.2, 0.25) is 0 Å². The average Bonchev–Trinajstić information content (AvgIpc) is 3.53. The van der Waals surface area contributed by atoms with E-state index in [1.54, 1.807) is 34.5 Å². The lowest BCUT2D eigenvalue weighted by Gasteiger charge is -2.06. The molecule has 0 atom stereocenters. The summed E-state index contributed by atoms with van der Waals surface area (Å²) in [5, 5.41) is 10.3. The summed E-state index contributed by atoms with van der Waals surface area (Å²) in [5.41, 5.74) is 2.16. The zero-order chi connectivity index (χ0) is 22.9. The SMILES string of the molecule is Cc1cc(C(=O)Nc2ncc(Cc3ccc(F)cc3F)s2)c2cnn(Cc3cccs3)c2n1. The Morgan fingerprint density at radius 1 is 1.15 bits per heavy atom. The second-order valence-corrected chi connectivity index (χ2v) is 9.58. The van der Waals surface area contributed by atoms with E-state index in [-0.39, 0.29) is 12.3 Å². The highest BCUT2D eigenvalue weighted by molar-refractivity contribution is 7.15. The van der Waals surface area contributed by atoms with Gasteiger partial charge < -0.3 is 0 Å². The van der Waals surface area contributed by atoms with Gasteiger partial charge in [-0.05, 0) is 36.1 Å². The van der Waals surface area contributed by atoms with Crippen LogP contribution in [-0.2, 0) is 13.0 Å². The van der Waals surface area contributed by atoms with Crippen LogP contribution in [0.1, 0.15) is 31.4 Å². The first kappa shape index (κ1) is 21.4. The highest BCUT2D eigenvalue weighted by Gasteiger charge is 2.18. The molecule has 10 heteroatoms. The minimum Gasteiger partial charge on any atom is -0.298 e. The number of benzene rings is 1. The normalized spacial score (nSPS) is 11.2. The lowest BCUT2D eigenvalue weighted by Crippen LogP contribution is -2.13. The fraction of sp³-hybridized carbons (Fsp3) is 0.130. The molecule has 1 N–H and O–H groups in total. The Balaban J connectivity index is 1.37. The molecule has 0 bridgehead atoms. The highest BCUT2D eigenvalue weighted by Crippen LogP contribution is 2.25. The smallest absolute Gasteiger partial charge is 0.258 e. The Morgan fingerprint density at radius 2 is 2.03 bits per heavy atom. The molecule has 4 heterocycles. The molecule has 166 valence electrons. The van der Waals surface area contributed by atoms with Crippen molar-refractivity contribution in [1.82, 2.24) is 19.7 Å². The molecule has 0 aliphatic heterocycles. The Labute approximate surface area is 195 Å². The maximum Gasteiger partial charge on any atom is 0.258 e. The van der Waals surface area contributed by atoms with E-state index < -0.39 is 11.6 Å². The molecule has 1 amide bonds. The quantitative estimate of drug-likeness (QED) is 0.351. The van der Waals surface area contributed by atoms with Crippen molar-refractivity contribution < 1.29 is 13.6 Å². The molecular weight excluding hydrogens is 464 g/mol. The Bertz CT molecular complexity index is 1460. The van der Waals surface area contributed by atoms with Crippen molar-refractivity contribution in [2.75, 3.05) is 5.32 Å². The number of nitrogens with one attached hydrogen (secondary N) is 1. The van der Waals surface area contributed by atoms with Gasteiger partial charge in [0, 0.05) is 34.1 Å². The molecule has 0 unspecified atom stereocenters. The number of aryl methyl sites for hydroxylation is 1. The maximum absolute atomic E-state index is 13.9. The monoisotopic (exact) mass is 481 g/mol. The van der Waals surface area contributed by atoms with Crippen LogP contribution in [0, 0.1) is 18.6 Å². The molecule has 0 spiro atoms. The number of aromatic nitrogens is 4. The predicted octanol–water partition coefficient (Wildman–Crippen LogP) is 5.43. The van der Waals surface area contributed by atoms with Crippen molar-refractivity contribution in [2.45, 2.75) is 19.9 Å². The van der Waals surface area contributed by atoms with Crippen LogP contribution in [0.5, 0.6) is 0 Å². The Kier molecular flexibility index (Phi) is 5.69. The lowest BCUT2D eigenvalue weighted by molar-refractivity contribution is 0.102. The Morgan fingerprint density at radius 3 is 2.82 bits per heavy atom. The number of fused-ring (bicyclic) bond motifs is 1. The molecule has 6 nitrogen and oxygen atoms in total. The van der Waals surface area contributed by atoms with E-state index in [0.29, 0.717) is 39.5 Å². The van der Waals surface area contributed by atoms with Gasteiger partial charge in [-0.2, -0.15) is 5.10 Å². The number of halogens is 2. The molecule has 5 aromatic rings. The number of amides is 1. The molecule has 4 aromatic heterocycles. The first-order valence-electron chi connectivity index (χ1n) is 10.0. The molecule has 0 saturated heterocycles. The van der Waals surface area contributed by atoms with E-state index >= 15 is 0 Å². The number of anilines is 1. The number of thiazole rings is 1. The van der Waals surface area contributed by atoms with E-state index in [9.17, 15) is 13.6 Å². The molecule has 0 fully saturated rings. The van der Waals surface area contributed by atoms with Crippen molar-refractivity contribution in [3.63, 3.8) is 0 Å². The van der Waals surface area contributed by atoms with Gasteiger partial charge in [0.15, 0.2) is 10.8 Å². The van der Waals surface area contributed by atoms with Crippen LogP contribution < -0.4 is 5.32 Å². The predicted molar refractivity (Wildman–Crippen MR) is 125 cm³/mol. The van der Waals surface area contributed by atoms with Crippen LogP contribution in [0.25, 0.3) is 11.0 Å². The highest BCUT2D eigenvalue weighted by atomic mass is 32.1. The van der Waals surface area contributed by atoms with Crippen LogP contribution in [0.15, 0.2) is 54.2 Å². The third kappa shape index (κ3) is 4.53. The standard InChI is InChI=1S/C23H17F2N5OS2/c1-13-7-18(19-11-27-30(21(19)28-13)12-16-3-2-6-32-16)22(31)29-23-26-10-17(33-23)8-14-4-5-15(24)9-20(14)25/h2-7,9-11H,8,12H2,1H3,(H,26,29,31). The summed E-state index contributed by atoms with van der Waals surface area (Å²) < 4.78 is 28.8. The van der Waals surface area contributed by atoms with Gasteiger partial charge in [0.1, 0.15) is 11.6 Å². The van der Waals surface area contributed by atoms with Crippen LogP contribution >= 0.6 is 22.7 Å². The number of carbonyl (C=O) groups excluding carboxylic acids is 1. The number of carbonyl (C=O) groups is 1. The minimum atomic E-state index is -0.619. The third-order valence-electron chi connectivity index (χ3n) is 5.02. The summed E-state index contributed by atoms with van der Waals surface area (Å²) in [6, 6.07) is 9.21. The molecule has 0 radical (unpaired) electrons. The fourth-order valence-electron chi connectivity index (χ4n) is 3.49. The fourth-order valence-corrected chi connectivity index (χ4v) is 5.01. The van der Waals surface area contributed by atoms with Gasteiger partial charge in [-0.15, -0.1) is 22.7 Å². The number of hydrogen-bond acceptors (Lipinski definition) is 6. The topological polar surface area (TPSA) is 72.7 Å².